The van der Waals surface area contributed by atoms with Gasteiger partial charge in [-0.05, 0) is 36.9 Å². The molecule has 0 amide bonds. The van der Waals surface area contributed by atoms with E-state index in [1.165, 1.54) is 12.0 Å². The van der Waals surface area contributed by atoms with Crippen molar-refractivity contribution in [1.29, 1.82) is 0 Å². The lowest BCUT2D eigenvalue weighted by Gasteiger charge is -2.15. The largest absolute Gasteiger partial charge is 0.354 e. The van der Waals surface area contributed by atoms with Crippen molar-refractivity contribution < 1.29 is 0 Å². The zero-order chi connectivity index (χ0) is 12.0. The summed E-state index contributed by atoms with van der Waals surface area (Å²) in [5, 5.41) is 3.59. The standard InChI is InChI=1S/C14H26N2/c1-5-8-15-14(6-2)13-7-9-16(11-13)10-12(3)4/h7,9,11-12,14-15H,5-6,8,10H2,1-4H3. The number of nitrogens with zero attached hydrogens (tertiary/aromatic N) is 1. The first-order chi connectivity index (χ1) is 7.67. The maximum atomic E-state index is 3.59. The van der Waals surface area contributed by atoms with Gasteiger partial charge in [0.1, 0.15) is 0 Å². The van der Waals surface area contributed by atoms with Gasteiger partial charge in [0.25, 0.3) is 0 Å². The third kappa shape index (κ3) is 4.01. The van der Waals surface area contributed by atoms with Crippen molar-refractivity contribution in [3.05, 3.63) is 24.0 Å². The highest BCUT2D eigenvalue weighted by atomic mass is 15.0. The van der Waals surface area contributed by atoms with Gasteiger partial charge in [-0.25, -0.2) is 0 Å². The van der Waals surface area contributed by atoms with Crippen LogP contribution in [-0.4, -0.2) is 11.1 Å². The predicted molar refractivity (Wildman–Crippen MR) is 70.6 cm³/mol. The fourth-order valence-corrected chi connectivity index (χ4v) is 2.02. The second-order valence-corrected chi connectivity index (χ2v) is 4.95. The molecule has 0 aliphatic rings. The van der Waals surface area contributed by atoms with E-state index in [1.807, 2.05) is 0 Å². The van der Waals surface area contributed by atoms with Gasteiger partial charge in [0.2, 0.25) is 0 Å². The Morgan fingerprint density at radius 2 is 2.06 bits per heavy atom. The first-order valence-electron chi connectivity index (χ1n) is 6.56. The van der Waals surface area contributed by atoms with Crippen LogP contribution in [0.15, 0.2) is 18.5 Å². The minimum atomic E-state index is 0.522. The Morgan fingerprint density at radius 3 is 2.62 bits per heavy atom. The summed E-state index contributed by atoms with van der Waals surface area (Å²) in [7, 11) is 0. The Labute approximate surface area is 100 Å². The van der Waals surface area contributed by atoms with Crippen molar-refractivity contribution >= 4 is 0 Å². The molecule has 16 heavy (non-hydrogen) atoms. The van der Waals surface area contributed by atoms with Crippen molar-refractivity contribution in [3.8, 4) is 0 Å². The van der Waals surface area contributed by atoms with E-state index in [2.05, 4.69) is 56.0 Å². The quantitative estimate of drug-likeness (QED) is 0.746. The molecule has 1 heterocycles. The number of aromatic nitrogens is 1. The van der Waals surface area contributed by atoms with Crippen LogP contribution in [0.25, 0.3) is 0 Å². The van der Waals surface area contributed by atoms with Crippen molar-refractivity contribution in [1.82, 2.24) is 9.88 Å². The molecule has 2 heteroatoms. The Kier molecular flexibility index (Phi) is 5.61. The highest BCUT2D eigenvalue weighted by Gasteiger charge is 2.09. The zero-order valence-electron chi connectivity index (χ0n) is 11.2. The molecule has 1 aromatic rings. The van der Waals surface area contributed by atoms with Crippen molar-refractivity contribution in [3.63, 3.8) is 0 Å². The number of nitrogens with one attached hydrogen (secondary N) is 1. The molecule has 0 saturated carbocycles. The maximum Gasteiger partial charge on any atom is 0.0332 e. The lowest BCUT2D eigenvalue weighted by atomic mass is 10.1. The topological polar surface area (TPSA) is 17.0 Å². The van der Waals surface area contributed by atoms with Gasteiger partial charge in [-0.15, -0.1) is 0 Å². The summed E-state index contributed by atoms with van der Waals surface area (Å²) in [6.45, 7) is 11.2. The van der Waals surface area contributed by atoms with Crippen LogP contribution in [0.3, 0.4) is 0 Å². The van der Waals surface area contributed by atoms with Gasteiger partial charge in [0, 0.05) is 25.0 Å². The van der Waals surface area contributed by atoms with E-state index in [1.54, 1.807) is 0 Å². The Balaban J connectivity index is 2.59. The average Bonchev–Trinajstić information content (AvgIpc) is 2.67. The van der Waals surface area contributed by atoms with Crippen LogP contribution in [0, 0.1) is 5.92 Å². The summed E-state index contributed by atoms with van der Waals surface area (Å²) in [4.78, 5) is 0. The summed E-state index contributed by atoms with van der Waals surface area (Å²) in [6.07, 6.45) is 6.84. The third-order valence-corrected chi connectivity index (χ3v) is 2.80. The first-order valence-corrected chi connectivity index (χ1v) is 6.56. The molecule has 0 aliphatic carbocycles. The molecule has 2 nitrogen and oxygen atoms in total. The molecule has 1 N–H and O–H groups in total. The number of hydrogen-bond donors (Lipinski definition) is 1. The molecular formula is C14H26N2. The molecule has 0 spiro atoms. The second kappa shape index (κ2) is 6.74. The predicted octanol–water partition coefficient (Wildman–Crippen LogP) is 3.59. The van der Waals surface area contributed by atoms with Crippen LogP contribution in [-0.2, 0) is 6.54 Å². The van der Waals surface area contributed by atoms with Crippen LogP contribution in [0.4, 0.5) is 0 Å². The maximum absolute atomic E-state index is 3.59. The van der Waals surface area contributed by atoms with Crippen LogP contribution in [0.2, 0.25) is 0 Å². The van der Waals surface area contributed by atoms with E-state index in [4.69, 9.17) is 0 Å². The minimum absolute atomic E-state index is 0.522. The van der Waals surface area contributed by atoms with Gasteiger partial charge in [0.15, 0.2) is 0 Å². The molecule has 1 aromatic heterocycles. The SMILES string of the molecule is CCCNC(CC)c1ccn(CC(C)C)c1. The molecule has 92 valence electrons. The van der Waals surface area contributed by atoms with E-state index in [-0.39, 0.29) is 0 Å². The summed E-state index contributed by atoms with van der Waals surface area (Å²) in [6, 6.07) is 2.77. The first kappa shape index (κ1) is 13.3. The van der Waals surface area contributed by atoms with Gasteiger partial charge in [-0.2, -0.15) is 0 Å². The van der Waals surface area contributed by atoms with Gasteiger partial charge in [0.05, 0.1) is 0 Å². The van der Waals surface area contributed by atoms with Crippen molar-refractivity contribution in [2.75, 3.05) is 6.54 Å². The fraction of sp³-hybridized carbons (Fsp3) is 0.714. The molecule has 1 unspecified atom stereocenters. The summed E-state index contributed by atoms with van der Waals surface area (Å²) in [5.41, 5.74) is 1.43. The average molecular weight is 222 g/mol. The lowest BCUT2D eigenvalue weighted by molar-refractivity contribution is 0.506. The van der Waals surface area contributed by atoms with E-state index in [0.717, 1.165) is 19.5 Å². The highest BCUT2D eigenvalue weighted by molar-refractivity contribution is 5.15. The number of hydrogen-bond acceptors (Lipinski definition) is 1. The van der Waals surface area contributed by atoms with Crippen LogP contribution < -0.4 is 5.32 Å². The molecule has 0 fully saturated rings. The molecular weight excluding hydrogens is 196 g/mol. The van der Waals surface area contributed by atoms with Gasteiger partial charge in [-0.3, -0.25) is 0 Å². The Hall–Kier alpha value is -0.760. The van der Waals surface area contributed by atoms with Gasteiger partial charge >= 0.3 is 0 Å². The normalized spacial score (nSPS) is 13.3. The van der Waals surface area contributed by atoms with Gasteiger partial charge < -0.3 is 9.88 Å². The van der Waals surface area contributed by atoms with E-state index >= 15 is 0 Å². The molecule has 0 bridgehead atoms. The minimum Gasteiger partial charge on any atom is -0.354 e. The summed E-state index contributed by atoms with van der Waals surface area (Å²) >= 11 is 0. The smallest absolute Gasteiger partial charge is 0.0332 e. The van der Waals surface area contributed by atoms with Crippen LogP contribution >= 0.6 is 0 Å². The Morgan fingerprint density at radius 1 is 1.31 bits per heavy atom. The molecule has 0 radical (unpaired) electrons. The highest BCUT2D eigenvalue weighted by Crippen LogP contribution is 2.17. The lowest BCUT2D eigenvalue weighted by Crippen LogP contribution is -2.21. The Bertz CT molecular complexity index is 289. The monoisotopic (exact) mass is 222 g/mol. The van der Waals surface area contributed by atoms with E-state index in [9.17, 15) is 0 Å². The van der Waals surface area contributed by atoms with Crippen LogP contribution in [0.5, 0.6) is 0 Å². The van der Waals surface area contributed by atoms with E-state index in [0.29, 0.717) is 12.0 Å². The molecule has 0 aromatic carbocycles. The molecule has 1 rings (SSSR count). The zero-order valence-corrected chi connectivity index (χ0v) is 11.2. The van der Waals surface area contributed by atoms with Crippen LogP contribution in [0.1, 0.15) is 52.1 Å². The molecule has 0 aliphatic heterocycles. The third-order valence-electron chi connectivity index (χ3n) is 2.80. The van der Waals surface area contributed by atoms with Crippen molar-refractivity contribution in [2.45, 2.75) is 53.1 Å². The summed E-state index contributed by atoms with van der Waals surface area (Å²) < 4.78 is 2.30. The van der Waals surface area contributed by atoms with Gasteiger partial charge in [-0.1, -0.05) is 27.7 Å². The summed E-state index contributed by atoms with van der Waals surface area (Å²) in [5.74, 6) is 0.712. The number of rotatable bonds is 7. The van der Waals surface area contributed by atoms with Crippen molar-refractivity contribution in [2.24, 2.45) is 5.92 Å². The molecule has 1 atom stereocenters. The van der Waals surface area contributed by atoms with E-state index < -0.39 is 0 Å². The molecule has 0 saturated heterocycles. The second-order valence-electron chi connectivity index (χ2n) is 4.95. The fourth-order valence-electron chi connectivity index (χ4n) is 2.02.